The average molecular weight is 481 g/mol. The van der Waals surface area contributed by atoms with Gasteiger partial charge in [0.1, 0.15) is 17.3 Å². The van der Waals surface area contributed by atoms with Crippen LogP contribution >= 0.6 is 0 Å². The van der Waals surface area contributed by atoms with Gasteiger partial charge < -0.3 is 25.1 Å². The molecular formula is C25H28N4O6. The van der Waals surface area contributed by atoms with Gasteiger partial charge in [-0.2, -0.15) is 0 Å². The largest absolute Gasteiger partial charge is 0.467 e. The molecular weight excluding hydrogens is 452 g/mol. The molecule has 2 aliphatic rings. The number of rotatable bonds is 8. The molecule has 0 spiro atoms. The Balaban J connectivity index is 1.67. The lowest BCUT2D eigenvalue weighted by atomic mass is 9.90. The Labute approximate surface area is 202 Å². The maximum Gasteiger partial charge on any atom is 0.338 e. The second-order valence-corrected chi connectivity index (χ2v) is 8.55. The highest BCUT2D eigenvalue weighted by molar-refractivity contribution is 6.07. The second-order valence-electron chi connectivity index (χ2n) is 8.55. The van der Waals surface area contributed by atoms with Crippen molar-refractivity contribution in [1.82, 2.24) is 20.9 Å². The fraction of sp³-hybridized carbons (Fsp3) is 0.360. The third kappa shape index (κ3) is 4.51. The minimum absolute atomic E-state index is 0.0551. The first kappa shape index (κ1) is 24.1. The summed E-state index contributed by atoms with van der Waals surface area (Å²) < 4.78 is 10.6. The highest BCUT2D eigenvalue weighted by Crippen LogP contribution is 2.32. The van der Waals surface area contributed by atoms with Gasteiger partial charge in [0.25, 0.3) is 5.91 Å². The van der Waals surface area contributed by atoms with Crippen molar-refractivity contribution in [3.05, 3.63) is 70.8 Å². The Hall–Kier alpha value is -4.08. The van der Waals surface area contributed by atoms with E-state index in [9.17, 15) is 19.2 Å². The molecule has 1 saturated heterocycles. The first-order valence-corrected chi connectivity index (χ1v) is 11.5. The van der Waals surface area contributed by atoms with Gasteiger partial charge in [-0.05, 0) is 43.5 Å². The molecule has 3 N–H and O–H groups in total. The molecule has 2 aromatic rings. The lowest BCUT2D eigenvalue weighted by Crippen LogP contribution is -2.49. The summed E-state index contributed by atoms with van der Waals surface area (Å²) in [5.74, 6) is -0.879. The molecule has 5 amide bonds. The van der Waals surface area contributed by atoms with Gasteiger partial charge in [-0.1, -0.05) is 37.6 Å². The van der Waals surface area contributed by atoms with Crippen molar-refractivity contribution >= 4 is 23.9 Å². The monoisotopic (exact) mass is 480 g/mol. The summed E-state index contributed by atoms with van der Waals surface area (Å²) in [6.07, 6.45) is 3.33. The number of furan rings is 1. The number of hydrogen-bond donors (Lipinski definition) is 3. The fourth-order valence-corrected chi connectivity index (χ4v) is 4.35. The van der Waals surface area contributed by atoms with E-state index in [4.69, 9.17) is 9.15 Å². The van der Waals surface area contributed by atoms with E-state index in [1.165, 1.54) is 6.26 Å². The molecule has 0 bridgehead atoms. The molecule has 0 radical (unpaired) electrons. The molecule has 4 rings (SSSR count). The van der Waals surface area contributed by atoms with E-state index in [-0.39, 0.29) is 24.4 Å². The predicted molar refractivity (Wildman–Crippen MR) is 125 cm³/mol. The summed E-state index contributed by atoms with van der Waals surface area (Å²) in [5, 5.41) is 7.96. The third-order valence-corrected chi connectivity index (χ3v) is 6.14. The van der Waals surface area contributed by atoms with Crippen molar-refractivity contribution in [2.24, 2.45) is 0 Å². The van der Waals surface area contributed by atoms with E-state index < -0.39 is 35.5 Å². The molecule has 0 saturated carbocycles. The number of urea groups is 2. The highest BCUT2D eigenvalue weighted by atomic mass is 16.5. The molecule has 10 heteroatoms. The molecule has 2 atom stereocenters. The van der Waals surface area contributed by atoms with Crippen molar-refractivity contribution in [1.29, 1.82) is 0 Å². The van der Waals surface area contributed by atoms with Gasteiger partial charge in [0.2, 0.25) is 0 Å². The van der Waals surface area contributed by atoms with Crippen molar-refractivity contribution in [2.75, 3.05) is 13.2 Å². The predicted octanol–water partition coefficient (Wildman–Crippen LogP) is 2.87. The van der Waals surface area contributed by atoms with Crippen molar-refractivity contribution in [2.45, 2.75) is 45.2 Å². The molecule has 1 fully saturated rings. The van der Waals surface area contributed by atoms with Gasteiger partial charge in [-0.3, -0.25) is 9.69 Å². The molecule has 184 valence electrons. The van der Waals surface area contributed by atoms with Crippen LogP contribution in [0.3, 0.4) is 0 Å². The average Bonchev–Trinajstić information content (AvgIpc) is 3.43. The zero-order valence-corrected chi connectivity index (χ0v) is 19.8. The van der Waals surface area contributed by atoms with Crippen LogP contribution in [0.2, 0.25) is 0 Å². The number of nitrogens with one attached hydrogen (secondary N) is 3. The summed E-state index contributed by atoms with van der Waals surface area (Å²) >= 11 is 0. The number of esters is 1. The third-order valence-electron chi connectivity index (χ3n) is 6.14. The smallest absolute Gasteiger partial charge is 0.338 e. The quantitative estimate of drug-likeness (QED) is 0.394. The summed E-state index contributed by atoms with van der Waals surface area (Å²) in [6, 6.07) is 8.60. The number of ether oxygens (including phenoxy) is 1. The second kappa shape index (κ2) is 9.65. The van der Waals surface area contributed by atoms with Crippen LogP contribution < -0.4 is 16.0 Å². The van der Waals surface area contributed by atoms with Crippen LogP contribution in [0.5, 0.6) is 0 Å². The van der Waals surface area contributed by atoms with Gasteiger partial charge in [0.15, 0.2) is 0 Å². The SMILES string of the molecule is CCCc1ccc(C2(C)NC(=O)N(CC3=C(C(=O)OCC)C(c4ccco4)NC(=O)N3)C2=O)cc1. The van der Waals surface area contributed by atoms with Gasteiger partial charge in [0.05, 0.1) is 30.7 Å². The number of aryl methyl sites for hydroxylation is 1. The molecule has 3 heterocycles. The Morgan fingerprint density at radius 1 is 1.14 bits per heavy atom. The van der Waals surface area contributed by atoms with Crippen LogP contribution in [0.4, 0.5) is 9.59 Å². The first-order valence-electron chi connectivity index (χ1n) is 11.5. The van der Waals surface area contributed by atoms with Crippen molar-refractivity contribution in [3.63, 3.8) is 0 Å². The normalized spacial score (nSPS) is 22.1. The van der Waals surface area contributed by atoms with Gasteiger partial charge in [-0.15, -0.1) is 0 Å². The first-order chi connectivity index (χ1) is 16.8. The van der Waals surface area contributed by atoms with E-state index in [1.807, 2.05) is 24.3 Å². The van der Waals surface area contributed by atoms with Crippen LogP contribution in [-0.2, 0) is 26.3 Å². The van der Waals surface area contributed by atoms with E-state index in [2.05, 4.69) is 22.9 Å². The number of nitrogens with zero attached hydrogens (tertiary/aromatic N) is 1. The van der Waals surface area contributed by atoms with Gasteiger partial charge in [-0.25, -0.2) is 14.4 Å². The number of benzene rings is 1. The molecule has 1 aromatic carbocycles. The summed E-state index contributed by atoms with van der Waals surface area (Å²) in [7, 11) is 0. The number of carbonyl (C=O) groups excluding carboxylic acids is 4. The van der Waals surface area contributed by atoms with E-state index >= 15 is 0 Å². The molecule has 0 aliphatic carbocycles. The van der Waals surface area contributed by atoms with Crippen LogP contribution in [0, 0.1) is 0 Å². The maximum atomic E-state index is 13.5. The van der Waals surface area contributed by atoms with E-state index in [0.717, 1.165) is 23.3 Å². The molecule has 10 nitrogen and oxygen atoms in total. The number of imide groups is 1. The molecule has 2 unspecified atom stereocenters. The Morgan fingerprint density at radius 2 is 1.89 bits per heavy atom. The van der Waals surface area contributed by atoms with Gasteiger partial charge in [0, 0.05) is 0 Å². The summed E-state index contributed by atoms with van der Waals surface area (Å²) in [6.45, 7) is 5.15. The highest BCUT2D eigenvalue weighted by Gasteiger charge is 2.50. The lowest BCUT2D eigenvalue weighted by Gasteiger charge is -2.29. The van der Waals surface area contributed by atoms with Crippen LogP contribution in [0.1, 0.15) is 50.1 Å². The van der Waals surface area contributed by atoms with E-state index in [1.54, 1.807) is 26.0 Å². The van der Waals surface area contributed by atoms with Crippen molar-refractivity contribution in [3.8, 4) is 0 Å². The van der Waals surface area contributed by atoms with Crippen LogP contribution in [0.25, 0.3) is 0 Å². The topological polar surface area (TPSA) is 130 Å². The molecule has 2 aliphatic heterocycles. The summed E-state index contributed by atoms with van der Waals surface area (Å²) in [4.78, 5) is 52.7. The fourth-order valence-electron chi connectivity index (χ4n) is 4.35. The molecule has 1 aromatic heterocycles. The molecule has 35 heavy (non-hydrogen) atoms. The van der Waals surface area contributed by atoms with E-state index in [0.29, 0.717) is 11.3 Å². The Morgan fingerprint density at radius 3 is 2.51 bits per heavy atom. The maximum absolute atomic E-state index is 13.5. The minimum atomic E-state index is -1.29. The number of hydrogen-bond acceptors (Lipinski definition) is 6. The Kier molecular flexibility index (Phi) is 6.63. The van der Waals surface area contributed by atoms with Gasteiger partial charge >= 0.3 is 18.0 Å². The standard InChI is InChI=1S/C25H28N4O6/c1-4-7-15-9-11-16(12-10-15)25(3)22(31)29(24(33)28-25)14-17-19(21(30)34-5-2)20(27-23(32)26-17)18-8-6-13-35-18/h6,8-13,20H,4-5,7,14H2,1-3H3,(H,28,33)(H2,26,27,32). The zero-order chi connectivity index (χ0) is 25.2. The number of amides is 5. The van der Waals surface area contributed by atoms with Crippen molar-refractivity contribution < 1.29 is 28.3 Å². The Bertz CT molecular complexity index is 1170. The lowest BCUT2D eigenvalue weighted by molar-refractivity contribution is -0.139. The van der Waals surface area contributed by atoms with Crippen LogP contribution in [-0.4, -0.2) is 42.0 Å². The number of carbonyl (C=O) groups is 4. The minimum Gasteiger partial charge on any atom is -0.467 e. The summed E-state index contributed by atoms with van der Waals surface area (Å²) in [5.41, 5.74) is 0.628. The van der Waals surface area contributed by atoms with Crippen LogP contribution in [0.15, 0.2) is 58.3 Å². The zero-order valence-electron chi connectivity index (χ0n) is 19.8.